The van der Waals surface area contributed by atoms with Crippen LogP contribution < -0.4 is 26.6 Å². The first-order valence-electron chi connectivity index (χ1n) is 28.6. The summed E-state index contributed by atoms with van der Waals surface area (Å²) in [5.74, 6) is -0.446. The summed E-state index contributed by atoms with van der Waals surface area (Å²) in [6.45, 7) is 67.7. The fourth-order valence-electron chi connectivity index (χ4n) is 5.78. The van der Waals surface area contributed by atoms with Crippen molar-refractivity contribution in [3.8, 4) is 0 Å². The van der Waals surface area contributed by atoms with E-state index in [2.05, 4.69) is 151 Å². The van der Waals surface area contributed by atoms with Crippen molar-refractivity contribution in [2.45, 2.75) is 296 Å². The van der Waals surface area contributed by atoms with Gasteiger partial charge in [-0.1, -0.05) is 179 Å². The molecule has 0 saturated heterocycles. The number of unbranched alkanes of at least 4 members (excludes halogenated alkanes) is 2. The molecule has 5 N–H and O–H groups in total. The molecular formula is C63H131N5O6. The molecule has 0 aliphatic carbocycles. The molecule has 0 bridgehead atoms. The van der Waals surface area contributed by atoms with Crippen LogP contribution in [0, 0.1) is 43.3 Å². The molecule has 0 saturated carbocycles. The van der Waals surface area contributed by atoms with E-state index in [-0.39, 0.29) is 70.2 Å². The third-order valence-electron chi connectivity index (χ3n) is 10.7. The number of esters is 1. The van der Waals surface area contributed by atoms with Gasteiger partial charge in [0.1, 0.15) is 0 Å². The number of ether oxygens (including phenoxy) is 1. The summed E-state index contributed by atoms with van der Waals surface area (Å²) in [7, 11) is 0. The van der Waals surface area contributed by atoms with Crippen LogP contribution in [0.25, 0.3) is 0 Å². The second kappa shape index (κ2) is 36.5. The van der Waals surface area contributed by atoms with E-state index in [1.54, 1.807) is 20.8 Å². The molecule has 444 valence electrons. The highest BCUT2D eigenvalue weighted by atomic mass is 16.5. The van der Waals surface area contributed by atoms with Gasteiger partial charge in [0, 0.05) is 46.8 Å². The lowest BCUT2D eigenvalue weighted by Crippen LogP contribution is -2.36. The normalized spacial score (nSPS) is 12.7. The van der Waals surface area contributed by atoms with E-state index in [0.29, 0.717) is 28.3 Å². The number of nitrogens with one attached hydrogen (secondary N) is 5. The number of rotatable bonds is 20. The van der Waals surface area contributed by atoms with Crippen LogP contribution in [0.5, 0.6) is 0 Å². The van der Waals surface area contributed by atoms with Crippen LogP contribution in [-0.2, 0) is 28.7 Å². The first-order chi connectivity index (χ1) is 32.6. The summed E-state index contributed by atoms with van der Waals surface area (Å²) in [6, 6.07) is 0. The van der Waals surface area contributed by atoms with Crippen molar-refractivity contribution in [3.05, 3.63) is 0 Å². The molecule has 0 aromatic heterocycles. The SMILES string of the molecule is CC(C)(C)CCCCNC(=O)C(C)(C)C.CC(C)(C)CCCCNC(C)(C)C.CC(C)(C)CCCNC(=O)C(C)(C)C.CC(C)(C)CCCNC(C)(C)C.CC(C)(C)COC(=O)CCC(=O)NCC(=O)C(C)(C)C. The van der Waals surface area contributed by atoms with Crippen molar-refractivity contribution in [2.75, 3.05) is 39.3 Å². The Morgan fingerprint density at radius 1 is 0.338 bits per heavy atom. The summed E-state index contributed by atoms with van der Waals surface area (Å²) in [6.07, 6.45) is 12.3. The number of ketones is 1. The number of hydrogen-bond donors (Lipinski definition) is 5. The summed E-state index contributed by atoms with van der Waals surface area (Å²) in [5, 5.41) is 15.4. The summed E-state index contributed by atoms with van der Waals surface area (Å²) in [5.41, 5.74) is 1.24. The number of carbonyl (C=O) groups is 5. The van der Waals surface area contributed by atoms with Gasteiger partial charge in [-0.15, -0.1) is 0 Å². The zero-order chi connectivity index (χ0) is 59.9. The number of carbonyl (C=O) groups excluding carboxylic acids is 5. The second-order valence-corrected chi connectivity index (χ2v) is 31.9. The minimum Gasteiger partial charge on any atom is -0.465 e. The zero-order valence-corrected chi connectivity index (χ0v) is 55.2. The van der Waals surface area contributed by atoms with E-state index in [4.69, 9.17) is 4.74 Å². The van der Waals surface area contributed by atoms with Crippen LogP contribution in [0.2, 0.25) is 0 Å². The average molecular weight is 1050 g/mol. The molecule has 0 radical (unpaired) electrons. The van der Waals surface area contributed by atoms with Gasteiger partial charge in [-0.2, -0.15) is 0 Å². The molecule has 11 nitrogen and oxygen atoms in total. The van der Waals surface area contributed by atoms with E-state index in [1.165, 1.54) is 44.9 Å². The maximum absolute atomic E-state index is 11.6. The van der Waals surface area contributed by atoms with E-state index in [9.17, 15) is 24.0 Å². The molecule has 0 aliphatic rings. The molecule has 0 rings (SSSR count). The Morgan fingerprint density at radius 3 is 0.959 bits per heavy atom. The predicted molar refractivity (Wildman–Crippen MR) is 322 cm³/mol. The van der Waals surface area contributed by atoms with Crippen molar-refractivity contribution in [1.29, 1.82) is 0 Å². The van der Waals surface area contributed by atoms with Crippen LogP contribution in [0.3, 0.4) is 0 Å². The van der Waals surface area contributed by atoms with Gasteiger partial charge in [0.2, 0.25) is 17.7 Å². The monoisotopic (exact) mass is 1050 g/mol. The lowest BCUT2D eigenvalue weighted by Gasteiger charge is -2.23. The molecule has 0 unspecified atom stereocenters. The Morgan fingerprint density at radius 2 is 0.649 bits per heavy atom. The minimum atomic E-state index is -0.473. The van der Waals surface area contributed by atoms with E-state index < -0.39 is 11.4 Å². The fourth-order valence-corrected chi connectivity index (χ4v) is 5.78. The molecule has 0 aromatic carbocycles. The van der Waals surface area contributed by atoms with Gasteiger partial charge in [-0.05, 0) is 133 Å². The molecule has 0 spiro atoms. The Kier molecular flexibility index (Phi) is 39.7. The predicted octanol–water partition coefficient (Wildman–Crippen LogP) is 15.2. The molecule has 0 fully saturated rings. The highest BCUT2D eigenvalue weighted by molar-refractivity contribution is 5.90. The Labute approximate surface area is 461 Å². The average Bonchev–Trinajstić information content (AvgIpc) is 3.15. The number of amides is 3. The van der Waals surface area contributed by atoms with E-state index in [0.717, 1.165) is 45.4 Å². The Hall–Kier alpha value is -2.53. The van der Waals surface area contributed by atoms with E-state index >= 15 is 0 Å². The van der Waals surface area contributed by atoms with Crippen molar-refractivity contribution >= 4 is 29.5 Å². The zero-order valence-electron chi connectivity index (χ0n) is 55.2. The van der Waals surface area contributed by atoms with E-state index in [1.807, 2.05) is 62.3 Å². The highest BCUT2D eigenvalue weighted by Crippen LogP contribution is 2.24. The maximum Gasteiger partial charge on any atom is 0.306 e. The number of hydrogen-bond acceptors (Lipinski definition) is 8. The van der Waals surface area contributed by atoms with Crippen LogP contribution in [-0.4, -0.2) is 79.9 Å². The van der Waals surface area contributed by atoms with Crippen molar-refractivity contribution in [3.63, 3.8) is 0 Å². The lowest BCUT2D eigenvalue weighted by atomic mass is 9.90. The van der Waals surface area contributed by atoms with Gasteiger partial charge in [0.05, 0.1) is 19.6 Å². The third kappa shape index (κ3) is 71.5. The van der Waals surface area contributed by atoms with Gasteiger partial charge in [-0.3, -0.25) is 24.0 Å². The van der Waals surface area contributed by atoms with Crippen molar-refractivity contribution in [2.24, 2.45) is 43.3 Å². The highest BCUT2D eigenvalue weighted by Gasteiger charge is 2.23. The number of Topliss-reactive ketones (excluding diaryl/α,β-unsaturated/α-hetero) is 1. The second-order valence-electron chi connectivity index (χ2n) is 31.9. The van der Waals surface area contributed by atoms with Crippen LogP contribution in [0.4, 0.5) is 0 Å². The maximum atomic E-state index is 11.6. The van der Waals surface area contributed by atoms with Gasteiger partial charge in [0.25, 0.3) is 0 Å². The molecule has 0 heterocycles. The first-order valence-corrected chi connectivity index (χ1v) is 28.6. The third-order valence-corrected chi connectivity index (χ3v) is 10.7. The molecule has 3 amide bonds. The van der Waals surface area contributed by atoms with Gasteiger partial charge in [0.15, 0.2) is 5.78 Å². The summed E-state index contributed by atoms with van der Waals surface area (Å²) in [4.78, 5) is 57.5. The van der Waals surface area contributed by atoms with Gasteiger partial charge in [-0.25, -0.2) is 0 Å². The minimum absolute atomic E-state index is 0.000623. The van der Waals surface area contributed by atoms with Gasteiger partial charge < -0.3 is 31.3 Å². The summed E-state index contributed by atoms with van der Waals surface area (Å²) < 4.78 is 5.05. The van der Waals surface area contributed by atoms with Crippen molar-refractivity contribution in [1.82, 2.24) is 26.6 Å². The largest absolute Gasteiger partial charge is 0.465 e. The van der Waals surface area contributed by atoms with Crippen LogP contribution >= 0.6 is 0 Å². The molecule has 0 aromatic rings. The lowest BCUT2D eigenvalue weighted by molar-refractivity contribution is -0.147. The molecule has 0 aliphatic heterocycles. The topological polar surface area (TPSA) is 155 Å². The van der Waals surface area contributed by atoms with Crippen LogP contribution in [0.1, 0.15) is 285 Å². The Bertz CT molecular complexity index is 1470. The standard InChI is InChI=1S/C15H27NO4.C13H27NO.C12H25NO.C12H27N.C11H25N/c1-14(2,3)10-20-13(19)8-7-12(18)16-9-11(17)15(4,5)6;1-12(2,3)9-7-8-10-14-11(15)13(4,5)6;1-11(2,3)8-7-9-13-10(14)12(4,5)6;1-11(2,3)9-7-8-10-13-12(4,5)6;1-10(2,3)8-7-9-12-11(4,5)6/h7-10H2,1-6H3,(H,16,18);7-10H2,1-6H3,(H,14,15);7-9H2,1-6H3,(H,13,14);13H,7-10H2,1-6H3;12H,7-9H2,1-6H3. The summed E-state index contributed by atoms with van der Waals surface area (Å²) >= 11 is 0. The molecule has 11 heteroatoms. The van der Waals surface area contributed by atoms with Crippen molar-refractivity contribution < 1.29 is 28.7 Å². The smallest absolute Gasteiger partial charge is 0.306 e. The first kappa shape index (κ1) is 80.3. The van der Waals surface area contributed by atoms with Gasteiger partial charge >= 0.3 is 5.97 Å². The van der Waals surface area contributed by atoms with Crippen LogP contribution in [0.15, 0.2) is 0 Å². The molecule has 74 heavy (non-hydrogen) atoms. The molecule has 0 atom stereocenters. The Balaban J connectivity index is -0.000000271. The quantitative estimate of drug-likeness (QED) is 0.0596. The fraction of sp³-hybridized carbons (Fsp3) is 0.921. The molecular weight excluding hydrogens is 923 g/mol.